The first kappa shape index (κ1) is 17.8. The van der Waals surface area contributed by atoms with E-state index in [2.05, 4.69) is 25.7 Å². The van der Waals surface area contributed by atoms with Crippen molar-refractivity contribution in [3.8, 4) is 0 Å². The number of aromatic nitrogens is 5. The fraction of sp³-hybridized carbons (Fsp3) is 0.267. The fourth-order valence-corrected chi connectivity index (χ4v) is 3.51. The number of aryl methyl sites for hydroxylation is 1. The first-order valence-electron chi connectivity index (χ1n) is 7.37. The number of nitrogens with zero attached hydrogens (tertiary/aromatic N) is 5. The topological polar surface area (TPSA) is 85.6 Å². The molecule has 130 valence electrons. The van der Waals surface area contributed by atoms with Gasteiger partial charge in [-0.3, -0.25) is 10.1 Å². The molecule has 0 spiro atoms. The van der Waals surface area contributed by atoms with Gasteiger partial charge in [0.25, 0.3) is 0 Å². The minimum Gasteiger partial charge on any atom is -0.309 e. The molecule has 0 radical (unpaired) electrons. The third-order valence-electron chi connectivity index (χ3n) is 3.31. The molecule has 10 heteroatoms. The first-order valence-corrected chi connectivity index (χ1v) is 9.55. The Balaban J connectivity index is 1.57. The largest absolute Gasteiger partial charge is 0.309 e. The standard InChI is InChI=1S/C15H15ClN6OS2/c1-9-18-20-14(25-9)17-13(23)8-24-15-21-19-12(22(15)2)7-10-3-5-11(16)6-4-10/h3-6H,7-8H2,1-2H3,(H,17,20,23). The van der Waals surface area contributed by atoms with Crippen LogP contribution in [0.1, 0.15) is 16.4 Å². The van der Waals surface area contributed by atoms with Crippen molar-refractivity contribution >= 4 is 45.7 Å². The minimum atomic E-state index is -0.150. The molecule has 1 N–H and O–H groups in total. The molecule has 2 heterocycles. The second kappa shape index (κ2) is 7.94. The Hall–Kier alpha value is -1.97. The van der Waals surface area contributed by atoms with Crippen LogP contribution in [0.4, 0.5) is 5.13 Å². The molecule has 0 aliphatic rings. The molecule has 0 fully saturated rings. The lowest BCUT2D eigenvalue weighted by Gasteiger charge is -2.04. The Kier molecular flexibility index (Phi) is 5.67. The van der Waals surface area contributed by atoms with Gasteiger partial charge in [0, 0.05) is 18.5 Å². The first-order chi connectivity index (χ1) is 12.0. The van der Waals surface area contributed by atoms with Crippen LogP contribution in [0.5, 0.6) is 0 Å². The molecule has 0 atom stereocenters. The van der Waals surface area contributed by atoms with Crippen LogP contribution in [0.25, 0.3) is 0 Å². The third-order valence-corrected chi connectivity index (χ3v) is 5.33. The molecular weight excluding hydrogens is 380 g/mol. The number of nitrogens with one attached hydrogen (secondary N) is 1. The van der Waals surface area contributed by atoms with Crippen LogP contribution >= 0.6 is 34.7 Å². The third kappa shape index (κ3) is 4.77. The molecule has 7 nitrogen and oxygen atoms in total. The lowest BCUT2D eigenvalue weighted by atomic mass is 10.1. The molecule has 2 aromatic heterocycles. The van der Waals surface area contributed by atoms with Crippen molar-refractivity contribution in [3.63, 3.8) is 0 Å². The molecule has 0 bridgehead atoms. The van der Waals surface area contributed by atoms with E-state index < -0.39 is 0 Å². The molecule has 0 unspecified atom stereocenters. The molecule has 1 amide bonds. The van der Waals surface area contributed by atoms with Crippen molar-refractivity contribution in [1.82, 2.24) is 25.0 Å². The van der Waals surface area contributed by atoms with E-state index in [9.17, 15) is 4.79 Å². The number of carbonyl (C=O) groups excluding carboxylic acids is 1. The van der Waals surface area contributed by atoms with E-state index in [0.717, 1.165) is 16.4 Å². The summed E-state index contributed by atoms with van der Waals surface area (Å²) >= 11 is 8.57. The van der Waals surface area contributed by atoms with E-state index in [-0.39, 0.29) is 11.7 Å². The smallest absolute Gasteiger partial charge is 0.236 e. The predicted molar refractivity (Wildman–Crippen MR) is 99.3 cm³/mol. The maximum Gasteiger partial charge on any atom is 0.236 e. The highest BCUT2D eigenvalue weighted by molar-refractivity contribution is 7.99. The van der Waals surface area contributed by atoms with E-state index in [0.29, 0.717) is 21.7 Å². The van der Waals surface area contributed by atoms with Crippen molar-refractivity contribution in [2.75, 3.05) is 11.1 Å². The van der Waals surface area contributed by atoms with Crippen molar-refractivity contribution < 1.29 is 4.79 Å². The van der Waals surface area contributed by atoms with Crippen molar-refractivity contribution in [2.45, 2.75) is 18.5 Å². The van der Waals surface area contributed by atoms with Gasteiger partial charge >= 0.3 is 0 Å². The number of rotatable bonds is 6. The van der Waals surface area contributed by atoms with Gasteiger partial charge in [-0.1, -0.05) is 46.8 Å². The number of hydrogen-bond acceptors (Lipinski definition) is 7. The Morgan fingerprint density at radius 1 is 1.24 bits per heavy atom. The summed E-state index contributed by atoms with van der Waals surface area (Å²) in [6.45, 7) is 1.84. The van der Waals surface area contributed by atoms with E-state index in [4.69, 9.17) is 11.6 Å². The van der Waals surface area contributed by atoms with Crippen LogP contribution in [-0.4, -0.2) is 36.6 Å². The van der Waals surface area contributed by atoms with Gasteiger partial charge < -0.3 is 4.57 Å². The molecule has 0 saturated carbocycles. The fourth-order valence-electron chi connectivity index (χ4n) is 2.04. The van der Waals surface area contributed by atoms with Crippen LogP contribution < -0.4 is 5.32 Å². The molecule has 0 saturated heterocycles. The summed E-state index contributed by atoms with van der Waals surface area (Å²) in [4.78, 5) is 12.0. The van der Waals surface area contributed by atoms with Gasteiger partial charge in [-0.05, 0) is 24.6 Å². The number of amides is 1. The van der Waals surface area contributed by atoms with Crippen molar-refractivity contribution in [3.05, 3.63) is 45.7 Å². The average molecular weight is 395 g/mol. The van der Waals surface area contributed by atoms with E-state index >= 15 is 0 Å². The Bertz CT molecular complexity index is 877. The monoisotopic (exact) mass is 394 g/mol. The number of halogens is 1. The van der Waals surface area contributed by atoms with Gasteiger partial charge in [-0.2, -0.15) is 0 Å². The van der Waals surface area contributed by atoms with Crippen LogP contribution in [0.2, 0.25) is 5.02 Å². The second-order valence-electron chi connectivity index (χ2n) is 5.22. The second-order valence-corrected chi connectivity index (χ2v) is 7.78. The SMILES string of the molecule is Cc1nnc(NC(=O)CSc2nnc(Cc3ccc(Cl)cc3)n2C)s1. The summed E-state index contributed by atoms with van der Waals surface area (Å²) in [7, 11) is 1.89. The van der Waals surface area contributed by atoms with Gasteiger partial charge in [0.15, 0.2) is 5.16 Å². The summed E-state index contributed by atoms with van der Waals surface area (Å²) < 4.78 is 1.89. The zero-order valence-electron chi connectivity index (χ0n) is 13.6. The highest BCUT2D eigenvalue weighted by Crippen LogP contribution is 2.19. The van der Waals surface area contributed by atoms with Crippen LogP contribution in [0.3, 0.4) is 0 Å². The van der Waals surface area contributed by atoms with Crippen molar-refractivity contribution in [2.24, 2.45) is 7.05 Å². The van der Waals surface area contributed by atoms with Crippen LogP contribution in [0.15, 0.2) is 29.4 Å². The maximum atomic E-state index is 12.0. The minimum absolute atomic E-state index is 0.150. The summed E-state index contributed by atoms with van der Waals surface area (Å²) in [6.07, 6.45) is 0.650. The normalized spacial score (nSPS) is 10.8. The van der Waals surface area contributed by atoms with E-state index in [1.807, 2.05) is 42.8 Å². The van der Waals surface area contributed by atoms with Crippen LogP contribution in [0, 0.1) is 6.92 Å². The predicted octanol–water partition coefficient (Wildman–Crippen LogP) is 2.95. The lowest BCUT2D eigenvalue weighted by Crippen LogP contribution is -2.14. The van der Waals surface area contributed by atoms with E-state index in [1.165, 1.54) is 23.1 Å². The van der Waals surface area contributed by atoms with Gasteiger partial charge in [-0.15, -0.1) is 20.4 Å². The Labute approximate surface area is 157 Å². The summed E-state index contributed by atoms with van der Waals surface area (Å²) in [5, 5.41) is 21.5. The highest BCUT2D eigenvalue weighted by Gasteiger charge is 2.13. The van der Waals surface area contributed by atoms with Gasteiger partial charge in [0.1, 0.15) is 10.8 Å². The van der Waals surface area contributed by atoms with Crippen molar-refractivity contribution in [1.29, 1.82) is 0 Å². The number of benzene rings is 1. The average Bonchev–Trinajstić information content (AvgIpc) is 3.14. The van der Waals surface area contributed by atoms with Gasteiger partial charge in [-0.25, -0.2) is 0 Å². The summed E-state index contributed by atoms with van der Waals surface area (Å²) in [5.74, 6) is 0.902. The summed E-state index contributed by atoms with van der Waals surface area (Å²) in [5.41, 5.74) is 1.10. The Morgan fingerprint density at radius 2 is 2.00 bits per heavy atom. The maximum absolute atomic E-state index is 12.0. The lowest BCUT2D eigenvalue weighted by molar-refractivity contribution is -0.113. The Morgan fingerprint density at radius 3 is 2.68 bits per heavy atom. The molecule has 3 rings (SSSR count). The van der Waals surface area contributed by atoms with E-state index in [1.54, 1.807) is 0 Å². The summed E-state index contributed by atoms with van der Waals surface area (Å²) in [6, 6.07) is 7.62. The number of thioether (sulfide) groups is 1. The zero-order valence-corrected chi connectivity index (χ0v) is 16.0. The molecule has 1 aromatic carbocycles. The number of hydrogen-bond donors (Lipinski definition) is 1. The molecule has 0 aliphatic carbocycles. The van der Waals surface area contributed by atoms with Gasteiger partial charge in [0.2, 0.25) is 11.0 Å². The molecular formula is C15H15ClN6OS2. The number of carbonyl (C=O) groups is 1. The van der Waals surface area contributed by atoms with Crippen LogP contribution in [-0.2, 0) is 18.3 Å². The number of anilines is 1. The molecule has 3 aromatic rings. The van der Waals surface area contributed by atoms with Gasteiger partial charge in [0.05, 0.1) is 5.75 Å². The molecule has 25 heavy (non-hydrogen) atoms. The zero-order chi connectivity index (χ0) is 17.8. The highest BCUT2D eigenvalue weighted by atomic mass is 35.5. The molecule has 0 aliphatic heterocycles. The quantitative estimate of drug-likeness (QED) is 0.647.